The van der Waals surface area contributed by atoms with Crippen LogP contribution in [0.4, 0.5) is 5.69 Å². The lowest BCUT2D eigenvalue weighted by molar-refractivity contribution is -0.0162. The SMILES string of the molecule is COc1cc(N)ccc1C(=O)N1CCC(O)(Cc2ccccc2)CC1. The topological polar surface area (TPSA) is 75.8 Å². The fraction of sp³-hybridized carbons (Fsp3) is 0.350. The normalized spacial score (nSPS) is 16.5. The molecule has 0 saturated carbocycles. The maximum Gasteiger partial charge on any atom is 0.257 e. The molecule has 0 unspecified atom stereocenters. The standard InChI is InChI=1S/C20H24N2O3/c1-25-18-13-16(21)7-8-17(18)19(23)22-11-9-20(24,10-12-22)14-15-5-3-2-4-6-15/h2-8,13,24H,9-12,14,21H2,1H3. The first kappa shape index (κ1) is 17.3. The van der Waals surface area contributed by atoms with Gasteiger partial charge in [-0.2, -0.15) is 0 Å². The molecule has 2 aromatic carbocycles. The van der Waals surface area contributed by atoms with Crippen LogP contribution in [0.25, 0.3) is 0 Å². The van der Waals surface area contributed by atoms with E-state index in [1.807, 2.05) is 30.3 Å². The molecule has 2 aromatic rings. The van der Waals surface area contributed by atoms with E-state index in [9.17, 15) is 9.90 Å². The van der Waals surface area contributed by atoms with Crippen molar-refractivity contribution in [3.05, 3.63) is 59.7 Å². The Labute approximate surface area is 148 Å². The minimum Gasteiger partial charge on any atom is -0.496 e. The number of aliphatic hydroxyl groups is 1. The quantitative estimate of drug-likeness (QED) is 0.839. The summed E-state index contributed by atoms with van der Waals surface area (Å²) < 4.78 is 5.28. The predicted molar refractivity (Wildman–Crippen MR) is 97.6 cm³/mol. The number of carbonyl (C=O) groups is 1. The van der Waals surface area contributed by atoms with Gasteiger partial charge in [-0.1, -0.05) is 30.3 Å². The number of likely N-dealkylation sites (tertiary alicyclic amines) is 1. The van der Waals surface area contributed by atoms with Gasteiger partial charge in [0.2, 0.25) is 0 Å². The van der Waals surface area contributed by atoms with Crippen LogP contribution in [0.5, 0.6) is 5.75 Å². The van der Waals surface area contributed by atoms with Crippen LogP contribution in [-0.4, -0.2) is 41.7 Å². The first-order valence-corrected chi connectivity index (χ1v) is 8.50. The highest BCUT2D eigenvalue weighted by atomic mass is 16.5. The summed E-state index contributed by atoms with van der Waals surface area (Å²) in [5, 5.41) is 10.9. The van der Waals surface area contributed by atoms with E-state index in [-0.39, 0.29) is 5.91 Å². The fourth-order valence-electron chi connectivity index (χ4n) is 3.33. The lowest BCUT2D eigenvalue weighted by Crippen LogP contribution is -2.47. The molecule has 25 heavy (non-hydrogen) atoms. The maximum atomic E-state index is 12.8. The number of benzene rings is 2. The van der Waals surface area contributed by atoms with Crippen molar-refractivity contribution in [2.24, 2.45) is 0 Å². The summed E-state index contributed by atoms with van der Waals surface area (Å²) in [6.07, 6.45) is 1.73. The van der Waals surface area contributed by atoms with Crippen molar-refractivity contribution in [3.8, 4) is 5.75 Å². The van der Waals surface area contributed by atoms with E-state index in [1.54, 1.807) is 23.1 Å². The third-order valence-electron chi connectivity index (χ3n) is 4.81. The number of nitrogens with two attached hydrogens (primary N) is 1. The zero-order chi connectivity index (χ0) is 17.9. The highest BCUT2D eigenvalue weighted by Crippen LogP contribution is 2.29. The van der Waals surface area contributed by atoms with Gasteiger partial charge in [-0.25, -0.2) is 0 Å². The van der Waals surface area contributed by atoms with E-state index in [0.29, 0.717) is 49.4 Å². The Kier molecular flexibility index (Phi) is 4.95. The van der Waals surface area contributed by atoms with Crippen LogP contribution in [0.15, 0.2) is 48.5 Å². The van der Waals surface area contributed by atoms with E-state index >= 15 is 0 Å². The number of anilines is 1. The number of carbonyl (C=O) groups excluding carboxylic acids is 1. The summed E-state index contributed by atoms with van der Waals surface area (Å²) in [4.78, 5) is 14.6. The Hall–Kier alpha value is -2.53. The minimum atomic E-state index is -0.761. The van der Waals surface area contributed by atoms with Gasteiger partial charge in [0.15, 0.2) is 0 Å². The summed E-state index contributed by atoms with van der Waals surface area (Å²) in [5.41, 5.74) is 7.17. The summed E-state index contributed by atoms with van der Waals surface area (Å²) in [6.45, 7) is 1.05. The Morgan fingerprint density at radius 2 is 1.88 bits per heavy atom. The summed E-state index contributed by atoms with van der Waals surface area (Å²) in [5.74, 6) is 0.397. The Balaban J connectivity index is 1.67. The molecular weight excluding hydrogens is 316 g/mol. The van der Waals surface area contributed by atoms with Crippen LogP contribution in [-0.2, 0) is 6.42 Å². The van der Waals surface area contributed by atoms with Gasteiger partial charge in [-0.05, 0) is 30.5 Å². The summed E-state index contributed by atoms with van der Waals surface area (Å²) >= 11 is 0. The molecule has 0 aliphatic carbocycles. The van der Waals surface area contributed by atoms with Gasteiger partial charge in [-0.3, -0.25) is 4.79 Å². The molecule has 0 aromatic heterocycles. The van der Waals surface area contributed by atoms with E-state index in [2.05, 4.69) is 0 Å². The second-order valence-corrected chi connectivity index (χ2v) is 6.64. The number of hydrogen-bond acceptors (Lipinski definition) is 4. The number of ether oxygens (including phenoxy) is 1. The lowest BCUT2D eigenvalue weighted by atomic mass is 9.85. The van der Waals surface area contributed by atoms with Crippen LogP contribution in [0.1, 0.15) is 28.8 Å². The first-order chi connectivity index (χ1) is 12.0. The van der Waals surface area contributed by atoms with Crippen LogP contribution in [0.3, 0.4) is 0 Å². The number of amides is 1. The van der Waals surface area contributed by atoms with Crippen LogP contribution >= 0.6 is 0 Å². The third-order valence-corrected chi connectivity index (χ3v) is 4.81. The number of nitrogen functional groups attached to an aromatic ring is 1. The van der Waals surface area contributed by atoms with Crippen LogP contribution in [0, 0.1) is 0 Å². The highest BCUT2D eigenvalue weighted by molar-refractivity contribution is 5.97. The molecule has 1 saturated heterocycles. The fourth-order valence-corrected chi connectivity index (χ4v) is 3.33. The molecular formula is C20H24N2O3. The van der Waals surface area contributed by atoms with E-state index < -0.39 is 5.60 Å². The zero-order valence-electron chi connectivity index (χ0n) is 14.4. The highest BCUT2D eigenvalue weighted by Gasteiger charge is 2.34. The molecule has 0 bridgehead atoms. The van der Waals surface area contributed by atoms with Crippen molar-refractivity contribution in [1.29, 1.82) is 0 Å². The average Bonchev–Trinajstić information content (AvgIpc) is 2.62. The van der Waals surface area contributed by atoms with Crippen LogP contribution < -0.4 is 10.5 Å². The molecule has 1 fully saturated rings. The van der Waals surface area contributed by atoms with Gasteiger partial charge >= 0.3 is 0 Å². The molecule has 0 atom stereocenters. The van der Waals surface area contributed by atoms with Crippen molar-refractivity contribution >= 4 is 11.6 Å². The maximum absolute atomic E-state index is 12.8. The van der Waals surface area contributed by atoms with Crippen molar-refractivity contribution in [2.75, 3.05) is 25.9 Å². The molecule has 5 heteroatoms. The molecule has 132 valence electrons. The van der Waals surface area contributed by atoms with Gasteiger partial charge in [-0.15, -0.1) is 0 Å². The van der Waals surface area contributed by atoms with Gasteiger partial charge in [0.1, 0.15) is 5.75 Å². The molecule has 3 N–H and O–H groups in total. The average molecular weight is 340 g/mol. The van der Waals surface area contributed by atoms with Gasteiger partial charge < -0.3 is 20.5 Å². The molecule has 1 aliphatic rings. The van der Waals surface area contributed by atoms with E-state index in [0.717, 1.165) is 5.56 Å². The van der Waals surface area contributed by atoms with Crippen molar-refractivity contribution in [1.82, 2.24) is 4.90 Å². The first-order valence-electron chi connectivity index (χ1n) is 8.50. The Morgan fingerprint density at radius 3 is 2.52 bits per heavy atom. The molecule has 1 aliphatic heterocycles. The Morgan fingerprint density at radius 1 is 1.20 bits per heavy atom. The second-order valence-electron chi connectivity index (χ2n) is 6.64. The van der Waals surface area contributed by atoms with Crippen LogP contribution in [0.2, 0.25) is 0 Å². The van der Waals surface area contributed by atoms with Gasteiger partial charge in [0, 0.05) is 31.3 Å². The zero-order valence-corrected chi connectivity index (χ0v) is 14.4. The molecule has 0 radical (unpaired) electrons. The van der Waals surface area contributed by atoms with Gasteiger partial charge in [0.25, 0.3) is 5.91 Å². The molecule has 3 rings (SSSR count). The van der Waals surface area contributed by atoms with Crippen molar-refractivity contribution in [2.45, 2.75) is 24.9 Å². The van der Waals surface area contributed by atoms with Crippen molar-refractivity contribution < 1.29 is 14.6 Å². The minimum absolute atomic E-state index is 0.0846. The Bertz CT molecular complexity index is 738. The van der Waals surface area contributed by atoms with E-state index in [1.165, 1.54) is 7.11 Å². The summed E-state index contributed by atoms with van der Waals surface area (Å²) in [7, 11) is 1.53. The number of rotatable bonds is 4. The number of piperidine rings is 1. The molecule has 1 heterocycles. The van der Waals surface area contributed by atoms with Crippen molar-refractivity contribution in [3.63, 3.8) is 0 Å². The van der Waals surface area contributed by atoms with Gasteiger partial charge in [0.05, 0.1) is 18.3 Å². The second kappa shape index (κ2) is 7.15. The van der Waals surface area contributed by atoms with E-state index in [4.69, 9.17) is 10.5 Å². The smallest absolute Gasteiger partial charge is 0.257 e. The lowest BCUT2D eigenvalue weighted by Gasteiger charge is -2.38. The summed E-state index contributed by atoms with van der Waals surface area (Å²) in [6, 6.07) is 15.0. The molecule has 5 nitrogen and oxygen atoms in total. The monoisotopic (exact) mass is 340 g/mol. The predicted octanol–water partition coefficient (Wildman–Crippen LogP) is 2.49. The largest absolute Gasteiger partial charge is 0.496 e. The molecule has 0 spiro atoms. The molecule has 1 amide bonds. The number of nitrogens with zero attached hydrogens (tertiary/aromatic N) is 1. The number of hydrogen-bond donors (Lipinski definition) is 2. The number of methoxy groups -OCH3 is 1. The third kappa shape index (κ3) is 3.94.